The molecule has 3 aromatic carbocycles. The average molecular weight is 420 g/mol. The molecule has 0 saturated heterocycles. The predicted octanol–water partition coefficient (Wildman–Crippen LogP) is 6.71. The Balaban J connectivity index is 1.85. The van der Waals surface area contributed by atoms with Gasteiger partial charge in [0.1, 0.15) is 12.4 Å². The average Bonchev–Trinajstić information content (AvgIpc) is 2.78. The molecule has 0 aromatic heterocycles. The molecule has 0 saturated carbocycles. The minimum Gasteiger partial charge on any atom is -0.490 e. The normalized spacial score (nSPS) is 10.5. The summed E-state index contributed by atoms with van der Waals surface area (Å²) in [7, 11) is 0. The molecule has 0 unspecified atom stereocenters. The summed E-state index contributed by atoms with van der Waals surface area (Å²) in [6.45, 7) is 9.46. The zero-order chi connectivity index (χ0) is 22.1. The summed E-state index contributed by atoms with van der Waals surface area (Å²) in [5, 5.41) is 3.54. The lowest BCUT2D eigenvalue weighted by Crippen LogP contribution is -2.07. The van der Waals surface area contributed by atoms with E-state index in [-0.39, 0.29) is 12.4 Å². The van der Waals surface area contributed by atoms with E-state index < -0.39 is 0 Å². The van der Waals surface area contributed by atoms with Crippen LogP contribution < -0.4 is 14.8 Å². The van der Waals surface area contributed by atoms with E-state index in [2.05, 4.69) is 43.1 Å². The first kappa shape index (κ1) is 22.4. The first-order valence-electron chi connectivity index (χ1n) is 10.7. The van der Waals surface area contributed by atoms with Crippen LogP contribution in [0.3, 0.4) is 0 Å². The van der Waals surface area contributed by atoms with E-state index in [1.165, 1.54) is 17.7 Å². The highest BCUT2D eigenvalue weighted by Crippen LogP contribution is 2.35. The van der Waals surface area contributed by atoms with Crippen LogP contribution in [0.4, 0.5) is 10.1 Å². The Morgan fingerprint density at radius 2 is 1.77 bits per heavy atom. The number of anilines is 1. The topological polar surface area (TPSA) is 30.5 Å². The summed E-state index contributed by atoms with van der Waals surface area (Å²) in [6.07, 6.45) is 3.48. The quantitative estimate of drug-likeness (QED) is 0.351. The highest BCUT2D eigenvalue weighted by molar-refractivity contribution is 5.54. The lowest BCUT2D eigenvalue weighted by Gasteiger charge is -2.18. The molecule has 3 nitrogen and oxygen atoms in total. The molecule has 0 atom stereocenters. The van der Waals surface area contributed by atoms with Gasteiger partial charge in [0.25, 0.3) is 0 Å². The minimum atomic E-state index is -0.272. The molecule has 0 fully saturated rings. The Hall–Kier alpha value is -3.27. The molecule has 0 heterocycles. The number of allylic oxidation sites excluding steroid dienone is 1. The molecular formula is C27H30FNO2. The van der Waals surface area contributed by atoms with Gasteiger partial charge in [0.05, 0.1) is 6.61 Å². The van der Waals surface area contributed by atoms with Crippen molar-refractivity contribution in [3.05, 3.63) is 101 Å². The Morgan fingerprint density at radius 3 is 2.52 bits per heavy atom. The van der Waals surface area contributed by atoms with Gasteiger partial charge in [0.2, 0.25) is 0 Å². The van der Waals surface area contributed by atoms with E-state index in [1.54, 1.807) is 6.07 Å². The predicted molar refractivity (Wildman–Crippen MR) is 125 cm³/mol. The van der Waals surface area contributed by atoms with Crippen molar-refractivity contribution >= 4 is 5.69 Å². The van der Waals surface area contributed by atoms with Gasteiger partial charge in [-0.2, -0.15) is 0 Å². The summed E-state index contributed by atoms with van der Waals surface area (Å²) in [5.74, 6) is 1.11. The van der Waals surface area contributed by atoms with Crippen molar-refractivity contribution in [1.29, 1.82) is 0 Å². The number of rotatable bonds is 11. The molecule has 0 aliphatic rings. The number of aryl methyl sites for hydroxylation is 1. The van der Waals surface area contributed by atoms with Crippen LogP contribution in [0, 0.1) is 5.82 Å². The van der Waals surface area contributed by atoms with E-state index >= 15 is 0 Å². The third-order valence-electron chi connectivity index (χ3n) is 5.01. The van der Waals surface area contributed by atoms with E-state index in [0.717, 1.165) is 28.8 Å². The van der Waals surface area contributed by atoms with Crippen molar-refractivity contribution in [2.75, 3.05) is 11.9 Å². The molecule has 162 valence electrons. The van der Waals surface area contributed by atoms with Crippen molar-refractivity contribution < 1.29 is 13.9 Å². The van der Waals surface area contributed by atoms with Crippen LogP contribution >= 0.6 is 0 Å². The van der Waals surface area contributed by atoms with E-state index in [9.17, 15) is 4.39 Å². The SMILES string of the molecule is C=CCc1cc(CNc2ccccc2CC)cc(OCC)c1OCc1cccc(F)c1. The maximum atomic E-state index is 13.5. The van der Waals surface area contributed by atoms with Crippen molar-refractivity contribution in [2.45, 2.75) is 39.8 Å². The number of nitrogens with one attached hydrogen (secondary N) is 1. The Morgan fingerprint density at radius 1 is 0.935 bits per heavy atom. The molecule has 0 amide bonds. The lowest BCUT2D eigenvalue weighted by molar-refractivity contribution is 0.266. The number of hydrogen-bond donors (Lipinski definition) is 1. The van der Waals surface area contributed by atoms with Gasteiger partial charge in [-0.15, -0.1) is 6.58 Å². The number of para-hydroxylation sites is 1. The molecule has 31 heavy (non-hydrogen) atoms. The Bertz CT molecular complexity index is 1020. The van der Waals surface area contributed by atoms with Crippen LogP contribution in [0.2, 0.25) is 0 Å². The fraction of sp³-hybridized carbons (Fsp3) is 0.259. The highest BCUT2D eigenvalue weighted by Gasteiger charge is 2.14. The number of ether oxygens (including phenoxy) is 2. The smallest absolute Gasteiger partial charge is 0.165 e. The van der Waals surface area contributed by atoms with Gasteiger partial charge >= 0.3 is 0 Å². The van der Waals surface area contributed by atoms with E-state index in [0.29, 0.717) is 31.1 Å². The molecule has 0 aliphatic heterocycles. The second-order valence-electron chi connectivity index (χ2n) is 7.29. The second kappa shape index (κ2) is 11.2. The Kier molecular flexibility index (Phi) is 8.11. The van der Waals surface area contributed by atoms with Crippen molar-refractivity contribution in [2.24, 2.45) is 0 Å². The monoisotopic (exact) mass is 419 g/mol. The third kappa shape index (κ3) is 6.11. The first-order valence-corrected chi connectivity index (χ1v) is 10.7. The first-order chi connectivity index (χ1) is 15.1. The fourth-order valence-electron chi connectivity index (χ4n) is 3.54. The lowest BCUT2D eigenvalue weighted by atomic mass is 10.0. The van der Waals surface area contributed by atoms with Gasteiger partial charge in [-0.3, -0.25) is 0 Å². The van der Waals surface area contributed by atoms with Crippen LogP contribution in [-0.4, -0.2) is 6.61 Å². The van der Waals surface area contributed by atoms with Crippen molar-refractivity contribution in [1.82, 2.24) is 0 Å². The van der Waals surface area contributed by atoms with Gasteiger partial charge in [0, 0.05) is 17.8 Å². The van der Waals surface area contributed by atoms with E-state index in [4.69, 9.17) is 9.47 Å². The van der Waals surface area contributed by atoms with Crippen molar-refractivity contribution in [3.63, 3.8) is 0 Å². The Labute approximate surface area is 184 Å². The van der Waals surface area contributed by atoms with Gasteiger partial charge in [0.15, 0.2) is 11.5 Å². The molecule has 4 heteroatoms. The highest BCUT2D eigenvalue weighted by atomic mass is 19.1. The number of halogens is 1. The zero-order valence-electron chi connectivity index (χ0n) is 18.3. The molecular weight excluding hydrogens is 389 g/mol. The number of benzene rings is 3. The third-order valence-corrected chi connectivity index (χ3v) is 5.01. The summed E-state index contributed by atoms with van der Waals surface area (Å²) in [4.78, 5) is 0. The molecule has 1 N–H and O–H groups in total. The van der Waals surface area contributed by atoms with E-state index in [1.807, 2.05) is 31.2 Å². The molecule has 0 bridgehead atoms. The minimum absolute atomic E-state index is 0.267. The fourth-order valence-corrected chi connectivity index (χ4v) is 3.54. The van der Waals surface area contributed by atoms with Crippen LogP contribution in [-0.2, 0) is 26.0 Å². The zero-order valence-corrected chi connectivity index (χ0v) is 18.3. The molecule has 3 rings (SSSR count). The van der Waals surface area contributed by atoms with Crippen LogP contribution in [0.15, 0.2) is 73.3 Å². The molecule has 0 aliphatic carbocycles. The van der Waals surface area contributed by atoms with Gasteiger partial charge in [-0.1, -0.05) is 43.3 Å². The standard InChI is InChI=1S/C27H30FNO2/c1-4-10-23-15-21(18-29-25-14-8-7-12-22(25)5-2)17-26(30-6-3)27(23)31-19-20-11-9-13-24(28)16-20/h4,7-9,11-17,29H,1,5-6,10,18-19H2,2-3H3. The second-order valence-corrected chi connectivity index (χ2v) is 7.29. The van der Waals surface area contributed by atoms with Gasteiger partial charge in [-0.25, -0.2) is 4.39 Å². The van der Waals surface area contributed by atoms with Crippen molar-refractivity contribution in [3.8, 4) is 11.5 Å². The van der Waals surface area contributed by atoms with Gasteiger partial charge in [-0.05, 0) is 66.8 Å². The number of hydrogen-bond acceptors (Lipinski definition) is 3. The maximum Gasteiger partial charge on any atom is 0.165 e. The summed E-state index contributed by atoms with van der Waals surface area (Å²) in [5.41, 5.74) is 5.30. The molecule has 0 radical (unpaired) electrons. The van der Waals surface area contributed by atoms with Crippen LogP contribution in [0.5, 0.6) is 11.5 Å². The summed E-state index contributed by atoms with van der Waals surface area (Å²) in [6, 6.07) is 18.9. The van der Waals surface area contributed by atoms with Gasteiger partial charge < -0.3 is 14.8 Å². The van der Waals surface area contributed by atoms with Crippen LogP contribution in [0.25, 0.3) is 0 Å². The van der Waals surface area contributed by atoms with Crippen LogP contribution in [0.1, 0.15) is 36.1 Å². The summed E-state index contributed by atoms with van der Waals surface area (Å²) >= 11 is 0. The maximum absolute atomic E-state index is 13.5. The summed E-state index contributed by atoms with van der Waals surface area (Å²) < 4.78 is 25.5. The molecule has 3 aromatic rings. The largest absolute Gasteiger partial charge is 0.490 e. The molecule has 0 spiro atoms.